The third-order valence-electron chi connectivity index (χ3n) is 5.33. The van der Waals surface area contributed by atoms with Crippen molar-refractivity contribution < 1.29 is 18.8 Å². The molecule has 0 radical (unpaired) electrons. The summed E-state index contributed by atoms with van der Waals surface area (Å²) >= 11 is 0. The van der Waals surface area contributed by atoms with Gasteiger partial charge in [-0.2, -0.15) is 4.98 Å². The second kappa shape index (κ2) is 9.58. The Morgan fingerprint density at radius 3 is 2.81 bits per heavy atom. The van der Waals surface area contributed by atoms with Crippen LogP contribution in [0.4, 0.5) is 10.3 Å². The van der Waals surface area contributed by atoms with Crippen molar-refractivity contribution in [2.24, 2.45) is 11.1 Å². The molecule has 11 heteroatoms. The van der Waals surface area contributed by atoms with Crippen molar-refractivity contribution in [3.8, 4) is 0 Å². The molecular weight excluding hydrogens is 417 g/mol. The van der Waals surface area contributed by atoms with Gasteiger partial charge < -0.3 is 21.2 Å². The van der Waals surface area contributed by atoms with E-state index in [4.69, 9.17) is 10.6 Å². The molecule has 1 unspecified atom stereocenters. The van der Waals surface area contributed by atoms with Gasteiger partial charge >= 0.3 is 0 Å². The summed E-state index contributed by atoms with van der Waals surface area (Å²) in [5, 5.41) is 16.2. The van der Waals surface area contributed by atoms with E-state index in [0.29, 0.717) is 37.3 Å². The maximum absolute atomic E-state index is 13.1. The number of anilines is 1. The monoisotopic (exact) mass is 441 g/mol. The molecule has 1 aromatic carbocycles. The zero-order valence-corrected chi connectivity index (χ0v) is 17.3. The summed E-state index contributed by atoms with van der Waals surface area (Å²) in [6.07, 6.45) is 4.94. The van der Waals surface area contributed by atoms with Gasteiger partial charge in [-0.1, -0.05) is 29.4 Å². The van der Waals surface area contributed by atoms with Crippen LogP contribution in [-0.2, 0) is 20.8 Å². The first-order valence-corrected chi connectivity index (χ1v) is 10.4. The van der Waals surface area contributed by atoms with E-state index < -0.39 is 6.10 Å². The molecule has 168 valence electrons. The summed E-state index contributed by atoms with van der Waals surface area (Å²) in [5.41, 5.74) is 6.78. The van der Waals surface area contributed by atoms with Gasteiger partial charge in [-0.05, 0) is 30.0 Å². The first-order valence-electron chi connectivity index (χ1n) is 10.4. The number of nitrogen functional groups attached to an aromatic ring is 1. The Morgan fingerprint density at radius 1 is 1.25 bits per heavy atom. The van der Waals surface area contributed by atoms with Crippen molar-refractivity contribution in [1.29, 1.82) is 0 Å². The first kappa shape index (κ1) is 21.5. The summed E-state index contributed by atoms with van der Waals surface area (Å²) in [7, 11) is 0. The fourth-order valence-electron chi connectivity index (χ4n) is 3.64. The van der Waals surface area contributed by atoms with Gasteiger partial charge in [-0.3, -0.25) is 14.7 Å². The summed E-state index contributed by atoms with van der Waals surface area (Å²) in [4.78, 5) is 33.8. The number of nitrogens with zero attached hydrogens (tertiary/aromatic N) is 3. The summed E-state index contributed by atoms with van der Waals surface area (Å²) in [5.74, 6) is 0.160. The van der Waals surface area contributed by atoms with Crippen LogP contribution in [0.25, 0.3) is 0 Å². The van der Waals surface area contributed by atoms with Gasteiger partial charge in [0.15, 0.2) is 0 Å². The summed E-state index contributed by atoms with van der Waals surface area (Å²) in [6.45, 7) is 0.435. The normalized spacial score (nSPS) is 21.8. The lowest BCUT2D eigenvalue weighted by Crippen LogP contribution is -2.38. The third kappa shape index (κ3) is 5.48. The molecule has 0 saturated heterocycles. The van der Waals surface area contributed by atoms with Crippen LogP contribution in [0.15, 0.2) is 41.6 Å². The number of H-pyrrole nitrogens is 1. The number of hydrogen-bond acceptors (Lipinski definition) is 7. The molecule has 0 saturated carbocycles. The molecule has 4 rings (SSSR count). The van der Waals surface area contributed by atoms with Crippen molar-refractivity contribution in [1.82, 2.24) is 25.8 Å². The van der Waals surface area contributed by atoms with Crippen LogP contribution >= 0.6 is 0 Å². The van der Waals surface area contributed by atoms with Crippen molar-refractivity contribution in [2.75, 3.05) is 12.3 Å². The highest BCUT2D eigenvalue weighted by Gasteiger charge is 2.29. The smallest absolute Gasteiger partial charge is 0.264 e. The molecule has 3 atom stereocenters. The Kier molecular flexibility index (Phi) is 6.43. The molecule has 1 aliphatic heterocycles. The lowest BCUT2D eigenvalue weighted by atomic mass is 10.0. The number of aryl methyl sites for hydroxylation is 1. The van der Waals surface area contributed by atoms with E-state index in [1.54, 1.807) is 12.1 Å². The highest BCUT2D eigenvalue weighted by molar-refractivity contribution is 6.04. The molecule has 1 aliphatic carbocycles. The Labute approximate surface area is 183 Å². The Morgan fingerprint density at radius 2 is 2.06 bits per heavy atom. The van der Waals surface area contributed by atoms with Gasteiger partial charge in [0.05, 0.1) is 5.71 Å². The van der Waals surface area contributed by atoms with E-state index in [1.807, 2.05) is 12.2 Å². The first-order chi connectivity index (χ1) is 15.5. The number of benzene rings is 1. The van der Waals surface area contributed by atoms with Gasteiger partial charge in [0.1, 0.15) is 11.6 Å². The maximum atomic E-state index is 13.1. The molecule has 10 nitrogen and oxygen atoms in total. The van der Waals surface area contributed by atoms with E-state index >= 15 is 0 Å². The average molecular weight is 441 g/mol. The molecule has 0 spiro atoms. The van der Waals surface area contributed by atoms with Crippen LogP contribution in [0.1, 0.15) is 30.7 Å². The quantitative estimate of drug-likeness (QED) is 0.446. The fourth-order valence-corrected chi connectivity index (χ4v) is 3.64. The number of aromatic nitrogens is 3. The number of oxime groups is 1. The predicted octanol–water partition coefficient (Wildman–Crippen LogP) is 0.829. The minimum absolute atomic E-state index is 0.0830. The Hall–Kier alpha value is -3.76. The van der Waals surface area contributed by atoms with E-state index in [-0.39, 0.29) is 42.0 Å². The van der Waals surface area contributed by atoms with E-state index in [0.717, 1.165) is 5.56 Å². The summed E-state index contributed by atoms with van der Waals surface area (Å²) in [6, 6.07) is 5.82. The summed E-state index contributed by atoms with van der Waals surface area (Å²) < 4.78 is 13.1. The van der Waals surface area contributed by atoms with Crippen molar-refractivity contribution in [2.45, 2.75) is 37.8 Å². The average Bonchev–Trinajstić information content (AvgIpc) is 3.52. The molecule has 0 fully saturated rings. The lowest BCUT2D eigenvalue weighted by Gasteiger charge is -2.15. The largest absolute Gasteiger partial charge is 0.382 e. The predicted molar refractivity (Wildman–Crippen MR) is 114 cm³/mol. The number of carbonyl (C=O) groups is 2. The Bertz CT molecular complexity index is 1030. The molecule has 1 aromatic heterocycles. The van der Waals surface area contributed by atoms with Gasteiger partial charge in [-0.25, -0.2) is 4.39 Å². The van der Waals surface area contributed by atoms with Gasteiger partial charge in [0, 0.05) is 31.8 Å². The Balaban J connectivity index is 1.15. The number of hydrogen-bond donors (Lipinski definition) is 4. The number of halogens is 1. The topological polar surface area (TPSA) is 147 Å². The minimum atomic E-state index is -0.707. The van der Waals surface area contributed by atoms with E-state index in [2.05, 4.69) is 31.0 Å². The van der Waals surface area contributed by atoms with Gasteiger partial charge in [0.2, 0.25) is 18.0 Å². The van der Waals surface area contributed by atoms with Crippen LogP contribution in [-0.4, -0.2) is 51.4 Å². The molecule has 0 bridgehead atoms. The lowest BCUT2D eigenvalue weighted by molar-refractivity contribution is -0.131. The number of nitrogens with two attached hydrogens (primary N) is 1. The molecule has 2 aromatic rings. The van der Waals surface area contributed by atoms with E-state index in [1.165, 1.54) is 12.1 Å². The molecular formula is C21H24FN7O3. The van der Waals surface area contributed by atoms with Crippen LogP contribution in [0.5, 0.6) is 0 Å². The molecule has 32 heavy (non-hydrogen) atoms. The molecule has 2 heterocycles. The van der Waals surface area contributed by atoms with Gasteiger partial charge in [0.25, 0.3) is 5.91 Å². The molecule has 2 amide bonds. The van der Waals surface area contributed by atoms with Crippen LogP contribution < -0.4 is 16.4 Å². The second-order valence-corrected chi connectivity index (χ2v) is 7.78. The number of amides is 2. The van der Waals surface area contributed by atoms with Gasteiger partial charge in [-0.15, -0.1) is 5.10 Å². The highest BCUT2D eigenvalue weighted by atomic mass is 19.1. The van der Waals surface area contributed by atoms with Crippen molar-refractivity contribution >= 4 is 23.5 Å². The standard InChI is InChI=1S/C21H24FN7O3/c22-14-4-2-13(3-5-14)16-10-17(32-29-16)20(31)24-11-12-1-6-15(9-12)25-19(30)8-7-18-26-21(23)28-27-18/h1-6,12,15,17H,7-11H2,(H,24,31)(H,25,30)(H3,23,26,27,28)/t12-,15+,17?/m0/s1. The molecule has 2 aliphatic rings. The minimum Gasteiger partial charge on any atom is -0.382 e. The zero-order valence-electron chi connectivity index (χ0n) is 17.3. The van der Waals surface area contributed by atoms with E-state index in [9.17, 15) is 14.0 Å². The van der Waals surface area contributed by atoms with Crippen LogP contribution in [0.3, 0.4) is 0 Å². The van der Waals surface area contributed by atoms with Crippen LogP contribution in [0, 0.1) is 11.7 Å². The number of nitrogens with one attached hydrogen (secondary N) is 3. The third-order valence-corrected chi connectivity index (χ3v) is 5.33. The fraction of sp³-hybridized carbons (Fsp3) is 0.381. The number of aromatic amines is 1. The maximum Gasteiger partial charge on any atom is 0.264 e. The number of rotatable bonds is 8. The second-order valence-electron chi connectivity index (χ2n) is 7.78. The van der Waals surface area contributed by atoms with Crippen molar-refractivity contribution in [3.63, 3.8) is 0 Å². The number of carbonyl (C=O) groups excluding carboxylic acids is 2. The zero-order chi connectivity index (χ0) is 22.5. The van der Waals surface area contributed by atoms with Crippen LogP contribution in [0.2, 0.25) is 0 Å². The van der Waals surface area contributed by atoms with Crippen molar-refractivity contribution in [3.05, 3.63) is 53.6 Å². The SMILES string of the molecule is Nc1n[nH]c(CCC(=O)N[C@@H]2C=C[C@H](CNC(=O)C3CC(c4ccc(F)cc4)=NO3)C2)n1. The highest BCUT2D eigenvalue weighted by Crippen LogP contribution is 2.19. The molecule has 5 N–H and O–H groups in total.